The summed E-state index contributed by atoms with van der Waals surface area (Å²) in [4.78, 5) is 19.7. The number of nitrogens with zero attached hydrogens (tertiary/aromatic N) is 2. The summed E-state index contributed by atoms with van der Waals surface area (Å²) in [5, 5.41) is 3.84. The van der Waals surface area contributed by atoms with Crippen molar-refractivity contribution in [2.75, 3.05) is 17.2 Å². The van der Waals surface area contributed by atoms with Crippen molar-refractivity contribution in [3.63, 3.8) is 0 Å². The molecule has 0 unspecified atom stereocenters. The summed E-state index contributed by atoms with van der Waals surface area (Å²) in [5.74, 6) is 0.633. The Labute approximate surface area is 131 Å². The van der Waals surface area contributed by atoms with Crippen molar-refractivity contribution in [2.24, 2.45) is 0 Å². The topological polar surface area (TPSA) is 107 Å². The lowest BCUT2D eigenvalue weighted by atomic mass is 10.2. The number of hydrogen-bond acceptors (Lipinski definition) is 6. The van der Waals surface area contributed by atoms with Gasteiger partial charge in [0.05, 0.1) is 5.75 Å². The molecule has 110 valence electrons. The van der Waals surface area contributed by atoms with Crippen molar-refractivity contribution in [3.8, 4) is 0 Å². The van der Waals surface area contributed by atoms with Crippen LogP contribution in [-0.4, -0.2) is 21.6 Å². The first-order valence-electron chi connectivity index (χ1n) is 6.07. The van der Waals surface area contributed by atoms with Crippen LogP contribution in [0.5, 0.6) is 0 Å². The van der Waals surface area contributed by atoms with E-state index in [2.05, 4.69) is 15.3 Å². The van der Waals surface area contributed by atoms with Crippen LogP contribution in [0.1, 0.15) is 5.56 Å². The number of aromatic nitrogens is 2. The van der Waals surface area contributed by atoms with Gasteiger partial charge in [-0.1, -0.05) is 35.5 Å². The standard InChI is InChI=1S/C13H14ClN5OS/c14-9-3-1-8(2-4-9)6-17-12(20)7-21-13-18-10(15)5-11(16)19-13/h1-5H,6-7H2,(H,17,20)(H4,15,16,18,19). The highest BCUT2D eigenvalue weighted by Crippen LogP contribution is 2.16. The molecule has 0 spiro atoms. The highest BCUT2D eigenvalue weighted by atomic mass is 35.5. The van der Waals surface area contributed by atoms with Gasteiger partial charge in [-0.05, 0) is 17.7 Å². The Kier molecular flexibility index (Phi) is 5.24. The minimum atomic E-state index is -0.125. The molecular weight excluding hydrogens is 310 g/mol. The van der Waals surface area contributed by atoms with Gasteiger partial charge >= 0.3 is 0 Å². The fourth-order valence-electron chi connectivity index (χ4n) is 1.51. The van der Waals surface area contributed by atoms with Crippen molar-refractivity contribution in [2.45, 2.75) is 11.7 Å². The number of halogens is 1. The molecule has 1 aromatic heterocycles. The molecule has 0 aliphatic heterocycles. The van der Waals surface area contributed by atoms with Gasteiger partial charge in [0, 0.05) is 17.6 Å². The van der Waals surface area contributed by atoms with Crippen molar-refractivity contribution >= 4 is 40.9 Å². The first-order valence-corrected chi connectivity index (χ1v) is 7.43. The van der Waals surface area contributed by atoms with Crippen LogP contribution in [0.15, 0.2) is 35.5 Å². The molecule has 1 amide bonds. The van der Waals surface area contributed by atoms with Gasteiger partial charge in [-0.3, -0.25) is 4.79 Å². The van der Waals surface area contributed by atoms with E-state index in [1.165, 1.54) is 17.8 Å². The maximum atomic E-state index is 11.8. The van der Waals surface area contributed by atoms with E-state index in [0.717, 1.165) is 5.56 Å². The zero-order valence-electron chi connectivity index (χ0n) is 11.0. The van der Waals surface area contributed by atoms with Gasteiger partial charge in [0.1, 0.15) is 11.6 Å². The molecule has 0 saturated heterocycles. The zero-order valence-corrected chi connectivity index (χ0v) is 12.6. The molecule has 1 aromatic carbocycles. The van der Waals surface area contributed by atoms with Gasteiger partial charge < -0.3 is 16.8 Å². The van der Waals surface area contributed by atoms with Crippen LogP contribution in [-0.2, 0) is 11.3 Å². The van der Waals surface area contributed by atoms with Crippen LogP contribution in [0, 0.1) is 0 Å². The van der Waals surface area contributed by atoms with E-state index in [4.69, 9.17) is 23.1 Å². The first kappa shape index (κ1) is 15.4. The Morgan fingerprint density at radius 1 is 1.19 bits per heavy atom. The lowest BCUT2D eigenvalue weighted by molar-refractivity contribution is -0.118. The average molecular weight is 324 g/mol. The van der Waals surface area contributed by atoms with Crippen LogP contribution in [0.3, 0.4) is 0 Å². The molecule has 0 aliphatic rings. The average Bonchev–Trinajstić information content (AvgIpc) is 2.43. The van der Waals surface area contributed by atoms with Crippen LogP contribution >= 0.6 is 23.4 Å². The number of thioether (sulfide) groups is 1. The summed E-state index contributed by atoms with van der Waals surface area (Å²) in [6.45, 7) is 0.441. The van der Waals surface area contributed by atoms with E-state index >= 15 is 0 Å². The van der Waals surface area contributed by atoms with Gasteiger partial charge in [0.15, 0.2) is 5.16 Å². The highest BCUT2D eigenvalue weighted by Gasteiger charge is 2.06. The summed E-state index contributed by atoms with van der Waals surface area (Å²) in [7, 11) is 0. The Morgan fingerprint density at radius 3 is 2.43 bits per heavy atom. The minimum Gasteiger partial charge on any atom is -0.383 e. The third kappa shape index (κ3) is 5.13. The van der Waals surface area contributed by atoms with E-state index < -0.39 is 0 Å². The highest BCUT2D eigenvalue weighted by molar-refractivity contribution is 7.99. The number of benzene rings is 1. The Hall–Kier alpha value is -1.99. The molecule has 0 atom stereocenters. The second-order valence-corrected chi connectivity index (χ2v) is 5.57. The Balaban J connectivity index is 1.80. The molecule has 0 fully saturated rings. The lowest BCUT2D eigenvalue weighted by Gasteiger charge is -2.05. The summed E-state index contributed by atoms with van der Waals surface area (Å²) in [6.07, 6.45) is 0. The first-order chi connectivity index (χ1) is 10.0. The second-order valence-electron chi connectivity index (χ2n) is 4.19. The Morgan fingerprint density at radius 2 is 1.81 bits per heavy atom. The molecule has 21 heavy (non-hydrogen) atoms. The summed E-state index contributed by atoms with van der Waals surface area (Å²) < 4.78 is 0. The van der Waals surface area contributed by atoms with Gasteiger partial charge in [-0.15, -0.1) is 0 Å². The smallest absolute Gasteiger partial charge is 0.230 e. The third-order valence-electron chi connectivity index (χ3n) is 2.48. The molecule has 2 aromatic rings. The fourth-order valence-corrected chi connectivity index (χ4v) is 2.34. The minimum absolute atomic E-state index is 0.125. The fraction of sp³-hybridized carbons (Fsp3) is 0.154. The number of carbonyl (C=O) groups is 1. The van der Waals surface area contributed by atoms with E-state index in [9.17, 15) is 4.79 Å². The summed E-state index contributed by atoms with van der Waals surface area (Å²) >= 11 is 6.97. The maximum Gasteiger partial charge on any atom is 0.230 e. The van der Waals surface area contributed by atoms with Gasteiger partial charge in [0.25, 0.3) is 0 Å². The molecule has 0 radical (unpaired) electrons. The van der Waals surface area contributed by atoms with Crippen molar-refractivity contribution in [3.05, 3.63) is 40.9 Å². The van der Waals surface area contributed by atoms with E-state index in [1.54, 1.807) is 12.1 Å². The quantitative estimate of drug-likeness (QED) is 0.571. The maximum absolute atomic E-state index is 11.8. The second kappa shape index (κ2) is 7.14. The molecule has 8 heteroatoms. The number of nitrogen functional groups attached to an aromatic ring is 2. The molecule has 0 bridgehead atoms. The SMILES string of the molecule is Nc1cc(N)nc(SCC(=O)NCc2ccc(Cl)cc2)n1. The number of amides is 1. The van der Waals surface area contributed by atoms with Crippen LogP contribution < -0.4 is 16.8 Å². The predicted octanol–water partition coefficient (Wildman–Crippen LogP) is 1.70. The number of rotatable bonds is 5. The van der Waals surface area contributed by atoms with Crippen molar-refractivity contribution in [1.29, 1.82) is 0 Å². The molecule has 5 N–H and O–H groups in total. The van der Waals surface area contributed by atoms with Crippen LogP contribution in [0.25, 0.3) is 0 Å². The van der Waals surface area contributed by atoms with Gasteiger partial charge in [0.2, 0.25) is 5.91 Å². The van der Waals surface area contributed by atoms with Gasteiger partial charge in [-0.2, -0.15) is 0 Å². The van der Waals surface area contributed by atoms with Crippen LogP contribution in [0.4, 0.5) is 11.6 Å². The number of nitrogens with two attached hydrogens (primary N) is 2. The lowest BCUT2D eigenvalue weighted by Crippen LogP contribution is -2.24. The number of carbonyl (C=O) groups excluding carboxylic acids is 1. The molecule has 2 rings (SSSR count). The third-order valence-corrected chi connectivity index (χ3v) is 3.58. The Bertz CT molecular complexity index is 615. The summed E-state index contributed by atoms with van der Waals surface area (Å²) in [5.41, 5.74) is 12.1. The number of hydrogen-bond donors (Lipinski definition) is 3. The largest absolute Gasteiger partial charge is 0.383 e. The molecule has 6 nitrogen and oxygen atoms in total. The number of nitrogens with one attached hydrogen (secondary N) is 1. The molecule has 0 saturated carbocycles. The monoisotopic (exact) mass is 323 g/mol. The van der Waals surface area contributed by atoms with E-state index in [-0.39, 0.29) is 23.3 Å². The van der Waals surface area contributed by atoms with Gasteiger partial charge in [-0.25, -0.2) is 9.97 Å². The summed E-state index contributed by atoms with van der Waals surface area (Å²) in [6, 6.07) is 8.74. The molecule has 0 aliphatic carbocycles. The van der Waals surface area contributed by atoms with E-state index in [1.807, 2.05) is 12.1 Å². The van der Waals surface area contributed by atoms with E-state index in [0.29, 0.717) is 16.7 Å². The number of anilines is 2. The predicted molar refractivity (Wildman–Crippen MR) is 84.9 cm³/mol. The van der Waals surface area contributed by atoms with Crippen LogP contribution in [0.2, 0.25) is 5.02 Å². The zero-order chi connectivity index (χ0) is 15.2. The molecule has 1 heterocycles. The normalized spacial score (nSPS) is 10.3. The van der Waals surface area contributed by atoms with Crippen molar-refractivity contribution < 1.29 is 4.79 Å². The van der Waals surface area contributed by atoms with Crippen molar-refractivity contribution in [1.82, 2.24) is 15.3 Å². The molecular formula is C13H14ClN5OS.